The van der Waals surface area contributed by atoms with E-state index in [4.69, 9.17) is 14.2 Å². The number of carboxylic acid groups (broad SMARTS) is 3. The van der Waals surface area contributed by atoms with E-state index in [9.17, 15) is 39.6 Å². The molecule has 0 radical (unpaired) electrons. The number of carbonyl (C=O) groups is 4. The van der Waals surface area contributed by atoms with E-state index in [1.165, 1.54) is 0 Å². The van der Waals surface area contributed by atoms with Crippen LogP contribution in [0, 0.1) is 45.3 Å². The molecule has 51 heavy (non-hydrogen) atoms. The molecule has 0 spiro atoms. The van der Waals surface area contributed by atoms with Gasteiger partial charge in [0.2, 0.25) is 0 Å². The molecule has 2 aliphatic carbocycles. The van der Waals surface area contributed by atoms with Gasteiger partial charge in [0.25, 0.3) is 0 Å². The van der Waals surface area contributed by atoms with Crippen LogP contribution < -0.4 is 0 Å². The fourth-order valence-corrected chi connectivity index (χ4v) is 11.9. The maximum absolute atomic E-state index is 13.8. The summed E-state index contributed by atoms with van der Waals surface area (Å²) >= 11 is 0. The highest BCUT2D eigenvalue weighted by atomic mass is 16.6. The minimum absolute atomic E-state index is 0.0405. The van der Waals surface area contributed by atoms with Crippen LogP contribution in [0.3, 0.4) is 0 Å². The molecule has 0 bridgehead atoms. The number of aliphatic carboxylic acids is 3. The quantitative estimate of drug-likeness (QED) is 0.122. The molecule has 290 valence electrons. The summed E-state index contributed by atoms with van der Waals surface area (Å²) in [6, 6.07) is 0. The maximum Gasteiger partial charge on any atom is 0.309 e. The second-order valence-electron chi connectivity index (χ2n) is 19.0. The highest BCUT2D eigenvalue weighted by Crippen LogP contribution is 2.64. The Labute approximate surface area is 303 Å². The Kier molecular flexibility index (Phi) is 10.9. The first kappa shape index (κ1) is 41.3. The predicted octanol–water partition coefficient (Wildman–Crippen LogP) is 6.88. The molecule has 4 N–H and O–H groups in total. The number of aliphatic hydroxyl groups excluding tert-OH is 1. The Morgan fingerprint density at radius 1 is 0.745 bits per heavy atom. The van der Waals surface area contributed by atoms with Gasteiger partial charge in [-0.1, -0.05) is 19.9 Å². The maximum atomic E-state index is 13.8. The van der Waals surface area contributed by atoms with Crippen molar-refractivity contribution < 1.29 is 53.8 Å². The molecular weight excluding hydrogens is 656 g/mol. The predicted molar refractivity (Wildman–Crippen MR) is 190 cm³/mol. The van der Waals surface area contributed by atoms with Gasteiger partial charge in [-0.2, -0.15) is 0 Å². The Hall–Kier alpha value is -2.50. The lowest BCUT2D eigenvalue weighted by atomic mass is 9.47. The van der Waals surface area contributed by atoms with Gasteiger partial charge in [0.15, 0.2) is 0 Å². The summed E-state index contributed by atoms with van der Waals surface area (Å²) in [5.74, 6) is -4.57. The van der Waals surface area contributed by atoms with E-state index in [0.29, 0.717) is 44.9 Å². The molecule has 2 heterocycles. The van der Waals surface area contributed by atoms with Crippen molar-refractivity contribution >= 4 is 23.9 Å². The van der Waals surface area contributed by atoms with Crippen molar-refractivity contribution in [3.05, 3.63) is 12.7 Å². The van der Waals surface area contributed by atoms with Gasteiger partial charge in [0.05, 0.1) is 46.1 Å². The Bertz CT molecular complexity index is 1410. The zero-order chi connectivity index (χ0) is 38.8. The molecule has 0 aromatic heterocycles. The highest BCUT2D eigenvalue weighted by Gasteiger charge is 2.64. The Morgan fingerprint density at radius 2 is 1.20 bits per heavy atom. The molecule has 0 amide bonds. The molecule has 4 fully saturated rings. The van der Waals surface area contributed by atoms with Crippen molar-refractivity contribution in [3.8, 4) is 0 Å². The monoisotopic (exact) mass is 720 g/mol. The first-order chi connectivity index (χ1) is 23.2. The van der Waals surface area contributed by atoms with Crippen molar-refractivity contribution in [2.45, 2.75) is 162 Å². The molecule has 0 aromatic carbocycles. The lowest BCUT2D eigenvalue weighted by Crippen LogP contribution is -2.65. The van der Waals surface area contributed by atoms with E-state index in [2.05, 4.69) is 13.5 Å². The summed E-state index contributed by atoms with van der Waals surface area (Å²) in [5, 5.41) is 41.9. The molecule has 11 nitrogen and oxygen atoms in total. The molecule has 4 rings (SSSR count). The number of esters is 1. The number of rotatable bonds is 12. The largest absolute Gasteiger partial charge is 0.481 e. The van der Waals surface area contributed by atoms with Gasteiger partial charge in [-0.25, -0.2) is 0 Å². The number of hydrogen-bond acceptors (Lipinski definition) is 8. The van der Waals surface area contributed by atoms with E-state index < -0.39 is 80.0 Å². The smallest absolute Gasteiger partial charge is 0.309 e. The summed E-state index contributed by atoms with van der Waals surface area (Å²) in [6.45, 7) is 22.0. The Balaban J connectivity index is 1.53. The number of hydrogen-bond donors (Lipinski definition) is 4. The van der Waals surface area contributed by atoms with Crippen molar-refractivity contribution in [2.24, 2.45) is 45.3 Å². The summed E-state index contributed by atoms with van der Waals surface area (Å²) in [4.78, 5) is 50.9. The van der Waals surface area contributed by atoms with Gasteiger partial charge >= 0.3 is 23.9 Å². The topological polar surface area (TPSA) is 177 Å². The van der Waals surface area contributed by atoms with Gasteiger partial charge in [-0.15, -0.1) is 6.58 Å². The number of fused-ring (bicyclic) bond motifs is 2. The van der Waals surface area contributed by atoms with Crippen LogP contribution >= 0.6 is 0 Å². The molecular formula is C40H64O11. The third-order valence-corrected chi connectivity index (χ3v) is 14.7. The number of aliphatic hydroxyl groups is 1. The third kappa shape index (κ3) is 7.12. The fraction of sp³-hybridized carbons (Fsp3) is 0.850. The zero-order valence-corrected chi connectivity index (χ0v) is 32.6. The molecule has 4 aliphatic rings. The normalized spacial score (nSPS) is 42.1. The molecule has 2 saturated carbocycles. The molecule has 11 heteroatoms. The van der Waals surface area contributed by atoms with Crippen LogP contribution in [-0.2, 0) is 33.4 Å². The van der Waals surface area contributed by atoms with Crippen LogP contribution in [0.15, 0.2) is 12.7 Å². The van der Waals surface area contributed by atoms with E-state index in [1.807, 2.05) is 33.8 Å². The first-order valence-electron chi connectivity index (χ1n) is 18.7. The van der Waals surface area contributed by atoms with Crippen molar-refractivity contribution in [1.82, 2.24) is 0 Å². The van der Waals surface area contributed by atoms with Gasteiger partial charge in [-0.05, 0) is 141 Å². The molecule has 0 unspecified atom stereocenters. The first-order valence-corrected chi connectivity index (χ1v) is 18.7. The average Bonchev–Trinajstić information content (AvgIpc) is 2.98. The van der Waals surface area contributed by atoms with Crippen molar-refractivity contribution in [1.29, 1.82) is 0 Å². The molecule has 2 saturated heterocycles. The highest BCUT2D eigenvalue weighted by molar-refractivity contribution is 5.76. The van der Waals surface area contributed by atoms with Gasteiger partial charge in [0.1, 0.15) is 12.7 Å². The Morgan fingerprint density at radius 3 is 1.65 bits per heavy atom. The van der Waals surface area contributed by atoms with Crippen LogP contribution in [0.25, 0.3) is 0 Å². The second-order valence-corrected chi connectivity index (χ2v) is 19.0. The third-order valence-electron chi connectivity index (χ3n) is 14.7. The summed E-state index contributed by atoms with van der Waals surface area (Å²) < 4.78 is 19.3. The lowest BCUT2D eigenvalue weighted by Gasteiger charge is -2.63. The summed E-state index contributed by atoms with van der Waals surface area (Å²) in [5.41, 5.74) is -6.99. The second kappa shape index (κ2) is 13.4. The van der Waals surface area contributed by atoms with Gasteiger partial charge in [0, 0.05) is 0 Å². The minimum Gasteiger partial charge on any atom is -0.481 e. The van der Waals surface area contributed by atoms with Gasteiger partial charge < -0.3 is 34.6 Å². The minimum atomic E-state index is -1.19. The van der Waals surface area contributed by atoms with Crippen molar-refractivity contribution in [3.63, 3.8) is 0 Å². The molecule has 11 atom stereocenters. The van der Waals surface area contributed by atoms with E-state index in [1.54, 1.807) is 34.6 Å². The van der Waals surface area contributed by atoms with Crippen LogP contribution in [0.5, 0.6) is 0 Å². The standard InChI is InChI=1S/C40H64O11/c1-12-35(6)17-13-26-37(8,25(34(4,5)32(47)48)14-18-38(26,9)50-35)22-30(44)49-23-28(41)40(11)20-16-27-36(7,21-29(42)43)24(33(2,3)31(45)46)15-19-39(27,10)51-40/h12,24-28,41H,1,13-23H2,2-11H3,(H,42,43)(H,45,46)(H,47,48)/t24-,25-,26+,27+,28+,35+,36-,37-,38+,39+,40-/m1/s1. The van der Waals surface area contributed by atoms with E-state index in [0.717, 1.165) is 6.42 Å². The van der Waals surface area contributed by atoms with Gasteiger partial charge in [-0.3, -0.25) is 19.2 Å². The average molecular weight is 721 g/mol. The summed E-state index contributed by atoms with van der Waals surface area (Å²) in [7, 11) is 0. The van der Waals surface area contributed by atoms with E-state index >= 15 is 0 Å². The van der Waals surface area contributed by atoms with Crippen LogP contribution in [0.1, 0.15) is 133 Å². The zero-order valence-electron chi connectivity index (χ0n) is 32.6. The van der Waals surface area contributed by atoms with Crippen molar-refractivity contribution in [2.75, 3.05) is 6.61 Å². The van der Waals surface area contributed by atoms with Crippen LogP contribution in [0.4, 0.5) is 0 Å². The lowest BCUT2D eigenvalue weighted by molar-refractivity contribution is -0.284. The van der Waals surface area contributed by atoms with Crippen LogP contribution in [0.2, 0.25) is 0 Å². The number of carboxylic acids is 3. The van der Waals surface area contributed by atoms with Crippen LogP contribution in [-0.4, -0.2) is 79.4 Å². The SMILES string of the molecule is C=C[C@@]1(C)CC[C@H]2[C@](C)(CC(=O)OC[C@H](O)[C@@]3(C)CC[C@H]4[C@](C)(CC(=O)O)[C@@H](C(C)(C)C(=O)O)CC[C@]4(C)O3)[C@@H](C(C)(C)C(=O)O)CC[C@]2(C)O1. The molecule has 2 aliphatic heterocycles. The number of ether oxygens (including phenoxy) is 3. The number of carbonyl (C=O) groups excluding carboxylic acids is 1. The van der Waals surface area contributed by atoms with E-state index in [-0.39, 0.29) is 37.2 Å². The fourth-order valence-electron chi connectivity index (χ4n) is 11.9. The molecule has 0 aromatic rings. The summed E-state index contributed by atoms with van der Waals surface area (Å²) in [6.07, 6.45) is 4.80.